The Morgan fingerprint density at radius 2 is 1.58 bits per heavy atom. The van der Waals surface area contributed by atoms with Crippen LogP contribution in [0.2, 0.25) is 0 Å². The summed E-state index contributed by atoms with van der Waals surface area (Å²) in [6.07, 6.45) is 10.3. The van der Waals surface area contributed by atoms with Gasteiger partial charge in [-0.15, -0.1) is 0 Å². The molecule has 6 aromatic rings. The van der Waals surface area contributed by atoms with E-state index in [1.54, 1.807) is 18.3 Å². The minimum atomic E-state index is -4.42. The average molecular weight is 1180 g/mol. The summed E-state index contributed by atoms with van der Waals surface area (Å²) in [6, 6.07) is 24.4. The lowest BCUT2D eigenvalue weighted by Crippen LogP contribution is -2.64. The van der Waals surface area contributed by atoms with E-state index in [0.29, 0.717) is 78.6 Å². The molecule has 21 nitrogen and oxygen atoms in total. The number of hydrogen-bond acceptors (Lipinski definition) is 15. The summed E-state index contributed by atoms with van der Waals surface area (Å²) in [7, 11) is -4.42. The Hall–Kier alpha value is -7.86. The smallest absolute Gasteiger partial charge is 0.410 e. The van der Waals surface area contributed by atoms with Crippen molar-refractivity contribution in [1.82, 2.24) is 34.9 Å². The molecule has 440 valence electrons. The first-order valence-corrected chi connectivity index (χ1v) is 30.7. The van der Waals surface area contributed by atoms with E-state index in [1.807, 2.05) is 83.2 Å². The van der Waals surface area contributed by atoms with Crippen LogP contribution in [0.4, 0.5) is 15.7 Å². The average Bonchev–Trinajstić information content (AvgIpc) is 2.22. The van der Waals surface area contributed by atoms with Crippen molar-refractivity contribution in [3.8, 4) is 11.1 Å². The Kier molecular flexibility index (Phi) is 15.8. The van der Waals surface area contributed by atoms with Crippen LogP contribution in [0.15, 0.2) is 97.2 Å². The Morgan fingerprint density at radius 1 is 0.845 bits per heavy atom. The minimum Gasteiger partial charge on any atom is -0.476 e. The van der Waals surface area contributed by atoms with Crippen molar-refractivity contribution >= 4 is 78.3 Å². The second kappa shape index (κ2) is 23.0. The third kappa shape index (κ3) is 12.6. The van der Waals surface area contributed by atoms with Crippen LogP contribution in [-0.2, 0) is 66.5 Å². The molecule has 3 aromatic carbocycles. The van der Waals surface area contributed by atoms with Crippen molar-refractivity contribution in [3.05, 3.63) is 136 Å². The van der Waals surface area contributed by atoms with Crippen LogP contribution in [0.3, 0.4) is 0 Å². The molecule has 12 rings (SSSR count). The zero-order valence-electron chi connectivity index (χ0n) is 47.1. The van der Waals surface area contributed by atoms with Crippen LogP contribution in [0.1, 0.15) is 108 Å². The molecular formula is C61H67N9O12S2. The summed E-state index contributed by atoms with van der Waals surface area (Å²) >= 11 is 1.41. The number of aromatic carboxylic acids is 1. The first-order chi connectivity index (χ1) is 40.0. The molecule has 84 heavy (non-hydrogen) atoms. The molecule has 4 N–H and O–H groups in total. The number of carboxylic acid groups (broad SMARTS) is 1. The second-order valence-corrected chi connectivity index (χ2v) is 26.7. The lowest BCUT2D eigenvalue weighted by Gasteiger charge is -2.69. The molecule has 23 heteroatoms. The molecule has 4 saturated carbocycles. The van der Waals surface area contributed by atoms with E-state index in [4.69, 9.17) is 19.6 Å². The van der Waals surface area contributed by atoms with Crippen LogP contribution in [0.5, 0.6) is 0 Å². The summed E-state index contributed by atoms with van der Waals surface area (Å²) in [5.41, 5.74) is 5.79. The number of imide groups is 1. The number of fused-ring (bicyclic) bond motifs is 2. The van der Waals surface area contributed by atoms with Crippen molar-refractivity contribution in [2.24, 2.45) is 16.2 Å². The van der Waals surface area contributed by atoms with Gasteiger partial charge in [-0.05, 0) is 134 Å². The summed E-state index contributed by atoms with van der Waals surface area (Å²) in [6.45, 7) is 7.80. The fourth-order valence-corrected chi connectivity index (χ4v) is 16.0. The van der Waals surface area contributed by atoms with Crippen molar-refractivity contribution in [2.75, 3.05) is 55.3 Å². The molecule has 3 aromatic heterocycles. The van der Waals surface area contributed by atoms with Crippen molar-refractivity contribution in [2.45, 2.75) is 104 Å². The number of para-hydroxylation sites is 1. The molecule has 0 saturated heterocycles. The van der Waals surface area contributed by atoms with Crippen LogP contribution in [0.25, 0.3) is 21.3 Å². The maximum Gasteiger partial charge on any atom is 0.410 e. The number of carbonyl (C=O) groups is 6. The quantitative estimate of drug-likeness (QED) is 0.0285. The van der Waals surface area contributed by atoms with Gasteiger partial charge in [0.1, 0.15) is 19.0 Å². The molecular weight excluding hydrogens is 1110 g/mol. The summed E-state index contributed by atoms with van der Waals surface area (Å²) in [5.74, 6) is -3.12. The van der Waals surface area contributed by atoms with Crippen LogP contribution >= 0.6 is 11.3 Å². The monoisotopic (exact) mass is 1180 g/mol. The van der Waals surface area contributed by atoms with E-state index in [9.17, 15) is 46.8 Å². The van der Waals surface area contributed by atoms with Gasteiger partial charge in [0, 0.05) is 73.8 Å². The second-order valence-electron chi connectivity index (χ2n) is 24.1. The molecule has 4 fully saturated rings. The highest BCUT2D eigenvalue weighted by molar-refractivity contribution is 7.85. The number of ether oxygens (including phenoxy) is 2. The van der Waals surface area contributed by atoms with Crippen LogP contribution < -0.4 is 15.5 Å². The predicted octanol–water partition coefficient (Wildman–Crippen LogP) is 8.01. The van der Waals surface area contributed by atoms with Gasteiger partial charge < -0.3 is 29.7 Å². The number of amides is 5. The number of nitrogens with one attached hydrogen (secondary N) is 2. The van der Waals surface area contributed by atoms with Crippen molar-refractivity contribution in [3.63, 3.8) is 0 Å². The van der Waals surface area contributed by atoms with E-state index in [2.05, 4.69) is 29.5 Å². The highest BCUT2D eigenvalue weighted by Crippen LogP contribution is 2.72. The fraction of sp³-hybridized carbons (Fsp3) is 0.426. The Bertz CT molecular complexity index is 3680. The molecule has 5 heterocycles. The highest BCUT2D eigenvalue weighted by atomic mass is 32.2. The first kappa shape index (κ1) is 57.9. The maximum absolute atomic E-state index is 13.8. The topological polar surface area (TPSA) is 273 Å². The highest BCUT2D eigenvalue weighted by Gasteiger charge is 2.66. The number of rotatable bonds is 22. The maximum atomic E-state index is 13.8. The van der Waals surface area contributed by atoms with E-state index >= 15 is 0 Å². The third-order valence-corrected chi connectivity index (χ3v) is 18.8. The summed E-state index contributed by atoms with van der Waals surface area (Å²) in [5, 5.41) is 21.8. The number of pyridine rings is 1. The third-order valence-electron chi connectivity index (χ3n) is 17.2. The number of aromatic nitrogens is 4. The Labute approximate surface area is 490 Å². The van der Waals surface area contributed by atoms with Gasteiger partial charge >= 0.3 is 12.1 Å². The number of nitrogens with zero attached hydrogens (tertiary/aromatic N) is 7. The Morgan fingerprint density at radius 3 is 2.31 bits per heavy atom. The van der Waals surface area contributed by atoms with Gasteiger partial charge in [-0.25, -0.2) is 19.6 Å². The van der Waals surface area contributed by atoms with Gasteiger partial charge in [-0.3, -0.25) is 38.6 Å². The van der Waals surface area contributed by atoms with E-state index < -0.39 is 51.3 Å². The number of benzene rings is 3. The van der Waals surface area contributed by atoms with Gasteiger partial charge in [-0.2, -0.15) is 13.5 Å². The number of carbonyl (C=O) groups excluding carboxylic acids is 5. The molecule has 2 atom stereocenters. The van der Waals surface area contributed by atoms with Gasteiger partial charge in [0.2, 0.25) is 5.91 Å². The minimum absolute atomic E-state index is 0.0168. The van der Waals surface area contributed by atoms with Gasteiger partial charge in [0.05, 0.1) is 34.4 Å². The molecule has 2 unspecified atom stereocenters. The molecule has 0 spiro atoms. The van der Waals surface area contributed by atoms with Crippen LogP contribution in [-0.4, -0.2) is 134 Å². The van der Waals surface area contributed by atoms with Gasteiger partial charge in [0.25, 0.3) is 27.8 Å². The largest absolute Gasteiger partial charge is 0.476 e. The molecule has 4 bridgehead atoms. The lowest BCUT2D eigenvalue weighted by molar-refractivity contribution is -0.248. The van der Waals surface area contributed by atoms with Gasteiger partial charge in [0.15, 0.2) is 10.8 Å². The van der Waals surface area contributed by atoms with Crippen molar-refractivity contribution in [1.29, 1.82) is 0 Å². The van der Waals surface area contributed by atoms with E-state index in [1.165, 1.54) is 16.2 Å². The summed E-state index contributed by atoms with van der Waals surface area (Å²) < 4.78 is 49.2. The summed E-state index contributed by atoms with van der Waals surface area (Å²) in [4.78, 5) is 89.7. The zero-order chi connectivity index (χ0) is 59.2. The zero-order valence-corrected chi connectivity index (χ0v) is 48.7. The van der Waals surface area contributed by atoms with E-state index in [0.717, 1.165) is 88.2 Å². The normalized spacial score (nSPS) is 22.4. The van der Waals surface area contributed by atoms with Gasteiger partial charge in [-0.1, -0.05) is 73.7 Å². The van der Waals surface area contributed by atoms with E-state index in [-0.39, 0.29) is 60.7 Å². The molecule has 2 aliphatic heterocycles. The molecule has 6 aliphatic rings. The standard InChI is InChI=1S/C61H67N9O12S2/c1-39-45(43-17-18-49(65-53(43)55(75)76)68-23-21-42-9-6-10-44(46(42)29-68)54(74)66-56-64-47-11-4-5-12-48(47)83-56)28-63-70(39)38-60-33-58(2)32-59(3,34-60)36-61(35-58,37-60)82-26-24-67(25-27-84(78,79)80)57(77)81-31-41-15-13-40(14-16-41)8-7-22-62-50(71)30-69-51(72)19-20-52(69)73/h4-6,9-20,28H,7-8,21-27,29-38H2,1-3H3,(H,62,71)(H,75,76)(H,64,66,74)(H,78,79,80). The van der Waals surface area contributed by atoms with Crippen molar-refractivity contribution < 1.29 is 56.3 Å². The molecule has 4 aliphatic carbocycles. The number of anilines is 2. The number of hydrogen-bond donors (Lipinski definition) is 4. The Balaban J connectivity index is 0.721. The number of aryl methyl sites for hydroxylation is 1. The molecule has 0 radical (unpaired) electrons. The number of thiazole rings is 1. The number of carboxylic acids is 1. The van der Waals surface area contributed by atoms with Crippen LogP contribution in [0, 0.1) is 23.2 Å². The first-order valence-electron chi connectivity index (χ1n) is 28.2. The predicted molar refractivity (Wildman–Crippen MR) is 313 cm³/mol. The fourth-order valence-electron chi connectivity index (χ4n) is 14.7. The lowest BCUT2D eigenvalue weighted by atomic mass is 9.39. The SMILES string of the molecule is Cc1c(-c2ccc(N3CCc4cccc(C(=O)Nc5nc6ccccc6s5)c4C3)nc2C(=O)O)cnn1CC12CC3(C)CC(C)(C1)CC(OCCN(CCS(=O)(=O)O)C(=O)OCc1ccc(CCCNC(=O)CN4C(=O)C=CC4=O)cc1)(C3)C2. The molecule has 5 amide bonds.